The number of hydrogen-bond acceptors (Lipinski definition) is 4. The van der Waals surface area contributed by atoms with E-state index in [4.69, 9.17) is 0 Å². The number of piperidine rings is 1. The molecular weight excluding hydrogens is 254 g/mol. The van der Waals surface area contributed by atoms with Gasteiger partial charge in [0.1, 0.15) is 0 Å². The van der Waals surface area contributed by atoms with Crippen molar-refractivity contribution in [2.24, 2.45) is 0 Å². The summed E-state index contributed by atoms with van der Waals surface area (Å²) in [6, 6.07) is 5.53. The van der Waals surface area contributed by atoms with Gasteiger partial charge in [-0.05, 0) is 57.2 Å². The third-order valence-corrected chi connectivity index (χ3v) is 4.72. The van der Waals surface area contributed by atoms with Crippen LogP contribution in [0.3, 0.4) is 0 Å². The smallest absolute Gasteiger partial charge is 0.269 e. The first-order valence-electron chi connectivity index (χ1n) is 7.35. The van der Waals surface area contributed by atoms with E-state index >= 15 is 0 Å². The zero-order valence-corrected chi connectivity index (χ0v) is 11.8. The Morgan fingerprint density at radius 3 is 2.85 bits per heavy atom. The summed E-state index contributed by atoms with van der Waals surface area (Å²) in [5, 5.41) is 18.0. The lowest BCUT2D eigenvalue weighted by Gasteiger charge is -2.48. The number of nitro benzene ring substituents is 1. The Balaban J connectivity index is 1.69. The second-order valence-electron chi connectivity index (χ2n) is 6.15. The maximum atomic E-state index is 10.8. The van der Waals surface area contributed by atoms with Crippen LogP contribution in [0.4, 0.5) is 11.4 Å². The molecule has 1 aromatic carbocycles. The van der Waals surface area contributed by atoms with Gasteiger partial charge in [0.15, 0.2) is 0 Å². The van der Waals surface area contributed by atoms with E-state index in [0.29, 0.717) is 11.6 Å². The van der Waals surface area contributed by atoms with Crippen LogP contribution in [0.5, 0.6) is 0 Å². The summed E-state index contributed by atoms with van der Waals surface area (Å²) < 4.78 is 0. The predicted octanol–water partition coefficient (Wildman–Crippen LogP) is 2.99. The molecule has 1 aliphatic carbocycles. The van der Waals surface area contributed by atoms with Crippen molar-refractivity contribution in [3.63, 3.8) is 0 Å². The zero-order chi connectivity index (χ0) is 14.2. The Hall–Kier alpha value is -1.62. The van der Waals surface area contributed by atoms with Crippen molar-refractivity contribution in [3.8, 4) is 0 Å². The fourth-order valence-corrected chi connectivity index (χ4v) is 3.41. The Morgan fingerprint density at radius 2 is 2.25 bits per heavy atom. The van der Waals surface area contributed by atoms with Crippen molar-refractivity contribution >= 4 is 11.4 Å². The van der Waals surface area contributed by atoms with E-state index < -0.39 is 0 Å². The molecule has 2 aliphatic rings. The minimum Gasteiger partial charge on any atom is -0.382 e. The van der Waals surface area contributed by atoms with E-state index in [1.165, 1.54) is 19.3 Å². The van der Waals surface area contributed by atoms with Crippen LogP contribution in [-0.4, -0.2) is 23.0 Å². The Labute approximate surface area is 118 Å². The van der Waals surface area contributed by atoms with Crippen molar-refractivity contribution in [2.75, 3.05) is 11.9 Å². The number of aryl methyl sites for hydroxylation is 1. The highest BCUT2D eigenvalue weighted by molar-refractivity contribution is 5.56. The number of nitrogens with zero attached hydrogens (tertiary/aromatic N) is 1. The van der Waals surface area contributed by atoms with Crippen LogP contribution >= 0.6 is 0 Å². The van der Waals surface area contributed by atoms with Crippen molar-refractivity contribution in [1.29, 1.82) is 0 Å². The molecule has 5 nitrogen and oxygen atoms in total. The number of non-ortho nitro benzene ring substituents is 1. The van der Waals surface area contributed by atoms with Crippen molar-refractivity contribution in [3.05, 3.63) is 33.9 Å². The van der Waals surface area contributed by atoms with Crippen LogP contribution in [0, 0.1) is 17.0 Å². The first-order chi connectivity index (χ1) is 9.58. The van der Waals surface area contributed by atoms with Crippen LogP contribution in [0.15, 0.2) is 18.2 Å². The predicted molar refractivity (Wildman–Crippen MR) is 79.1 cm³/mol. The molecule has 0 aromatic heterocycles. The van der Waals surface area contributed by atoms with Crippen LogP contribution in [0.25, 0.3) is 0 Å². The van der Waals surface area contributed by atoms with E-state index in [1.54, 1.807) is 12.1 Å². The van der Waals surface area contributed by atoms with E-state index in [-0.39, 0.29) is 10.6 Å². The molecule has 2 N–H and O–H groups in total. The van der Waals surface area contributed by atoms with Gasteiger partial charge in [-0.3, -0.25) is 10.1 Å². The summed E-state index contributed by atoms with van der Waals surface area (Å²) in [6.45, 7) is 2.99. The van der Waals surface area contributed by atoms with Gasteiger partial charge in [-0.1, -0.05) is 0 Å². The van der Waals surface area contributed by atoms with Crippen molar-refractivity contribution in [1.82, 2.24) is 5.32 Å². The topological polar surface area (TPSA) is 67.2 Å². The molecule has 2 fully saturated rings. The van der Waals surface area contributed by atoms with Gasteiger partial charge in [-0.15, -0.1) is 0 Å². The highest BCUT2D eigenvalue weighted by Gasteiger charge is 2.40. The maximum Gasteiger partial charge on any atom is 0.269 e. The second-order valence-corrected chi connectivity index (χ2v) is 6.15. The van der Waals surface area contributed by atoms with E-state index in [9.17, 15) is 10.1 Å². The van der Waals surface area contributed by atoms with Gasteiger partial charge in [0.2, 0.25) is 0 Å². The average molecular weight is 275 g/mol. The maximum absolute atomic E-state index is 10.8. The van der Waals surface area contributed by atoms with Gasteiger partial charge in [0.25, 0.3) is 5.69 Å². The van der Waals surface area contributed by atoms with Gasteiger partial charge < -0.3 is 10.6 Å². The third-order valence-electron chi connectivity index (χ3n) is 4.72. The lowest BCUT2D eigenvalue weighted by atomic mass is 9.70. The SMILES string of the molecule is Cc1cc([N+](=O)[O-])ccc1NC1CCNC2(CCC2)C1. The molecule has 3 rings (SSSR count). The van der Waals surface area contributed by atoms with E-state index in [1.807, 2.05) is 13.0 Å². The highest BCUT2D eigenvalue weighted by Crippen LogP contribution is 2.39. The molecule has 1 saturated heterocycles. The lowest BCUT2D eigenvalue weighted by Crippen LogP contribution is -2.58. The van der Waals surface area contributed by atoms with Crippen LogP contribution in [0.1, 0.15) is 37.7 Å². The molecule has 1 atom stereocenters. The largest absolute Gasteiger partial charge is 0.382 e. The number of nitrogens with one attached hydrogen (secondary N) is 2. The Morgan fingerprint density at radius 1 is 1.45 bits per heavy atom. The van der Waals surface area contributed by atoms with Gasteiger partial charge in [-0.2, -0.15) is 0 Å². The second kappa shape index (κ2) is 5.05. The molecule has 1 heterocycles. The summed E-state index contributed by atoms with van der Waals surface area (Å²) in [6.07, 6.45) is 6.16. The molecule has 1 aromatic rings. The molecule has 1 aliphatic heterocycles. The summed E-state index contributed by atoms with van der Waals surface area (Å²) in [4.78, 5) is 10.4. The molecule has 1 spiro atoms. The third kappa shape index (κ3) is 2.50. The first kappa shape index (κ1) is 13.4. The Kier molecular flexibility index (Phi) is 3.38. The van der Waals surface area contributed by atoms with Gasteiger partial charge >= 0.3 is 0 Å². The molecule has 1 unspecified atom stereocenters. The lowest BCUT2D eigenvalue weighted by molar-refractivity contribution is -0.384. The van der Waals surface area contributed by atoms with Gasteiger partial charge in [-0.25, -0.2) is 0 Å². The minimum absolute atomic E-state index is 0.161. The van der Waals surface area contributed by atoms with Gasteiger partial charge in [0, 0.05) is 29.4 Å². The summed E-state index contributed by atoms with van der Waals surface area (Å²) in [5.74, 6) is 0. The van der Waals surface area contributed by atoms with E-state index in [0.717, 1.165) is 30.6 Å². The van der Waals surface area contributed by atoms with Gasteiger partial charge in [0.05, 0.1) is 4.92 Å². The summed E-state index contributed by atoms with van der Waals surface area (Å²) >= 11 is 0. The fourth-order valence-electron chi connectivity index (χ4n) is 3.41. The average Bonchev–Trinajstić information content (AvgIpc) is 2.39. The minimum atomic E-state index is -0.343. The number of benzene rings is 1. The molecular formula is C15H21N3O2. The Bertz CT molecular complexity index is 526. The normalized spacial score (nSPS) is 24.1. The van der Waals surface area contributed by atoms with Crippen LogP contribution < -0.4 is 10.6 Å². The van der Waals surface area contributed by atoms with E-state index in [2.05, 4.69) is 10.6 Å². The zero-order valence-electron chi connectivity index (χ0n) is 11.8. The summed E-state index contributed by atoms with van der Waals surface area (Å²) in [7, 11) is 0. The molecule has 0 bridgehead atoms. The number of nitro groups is 1. The fraction of sp³-hybridized carbons (Fsp3) is 0.600. The quantitative estimate of drug-likeness (QED) is 0.657. The summed E-state index contributed by atoms with van der Waals surface area (Å²) in [5.41, 5.74) is 2.50. The van der Waals surface area contributed by atoms with Crippen molar-refractivity contribution in [2.45, 2.75) is 50.6 Å². The molecule has 1 saturated carbocycles. The van der Waals surface area contributed by atoms with Crippen LogP contribution in [-0.2, 0) is 0 Å². The van der Waals surface area contributed by atoms with Crippen LogP contribution in [0.2, 0.25) is 0 Å². The monoisotopic (exact) mass is 275 g/mol. The molecule has 0 radical (unpaired) electrons. The number of anilines is 1. The van der Waals surface area contributed by atoms with Crippen molar-refractivity contribution < 1.29 is 4.92 Å². The standard InChI is InChI=1S/C15H21N3O2/c1-11-9-13(18(19)20)3-4-14(11)17-12-5-8-16-15(10-12)6-2-7-15/h3-4,9,12,16-17H,2,5-8,10H2,1H3. The number of hydrogen-bond donors (Lipinski definition) is 2. The molecule has 20 heavy (non-hydrogen) atoms. The first-order valence-corrected chi connectivity index (χ1v) is 7.35. The molecule has 5 heteroatoms. The molecule has 108 valence electrons. The molecule has 0 amide bonds. The number of rotatable bonds is 3. The highest BCUT2D eigenvalue weighted by atomic mass is 16.6.